The van der Waals surface area contributed by atoms with Gasteiger partial charge in [-0.05, 0) is 31.1 Å². The molecule has 0 bridgehead atoms. The molecule has 4 unspecified atom stereocenters. The van der Waals surface area contributed by atoms with Gasteiger partial charge in [-0.3, -0.25) is 4.79 Å². The second-order valence-corrected chi connectivity index (χ2v) is 4.98. The summed E-state index contributed by atoms with van der Waals surface area (Å²) in [5, 5.41) is 0. The molecule has 88 valence electrons. The summed E-state index contributed by atoms with van der Waals surface area (Å²) in [4.78, 5) is 11.4. The van der Waals surface area contributed by atoms with Gasteiger partial charge in [-0.15, -0.1) is 0 Å². The Morgan fingerprint density at radius 3 is 2.67 bits per heavy atom. The van der Waals surface area contributed by atoms with Gasteiger partial charge in [0.2, 0.25) is 0 Å². The molecule has 0 aromatic heterocycles. The number of ether oxygens (including phenoxy) is 1. The first-order valence-corrected chi connectivity index (χ1v) is 6.24. The largest absolute Gasteiger partial charge is 0.461 e. The number of esters is 1. The second-order valence-electron chi connectivity index (χ2n) is 4.62. The second kappa shape index (κ2) is 5.75. The zero-order valence-corrected chi connectivity index (χ0v) is 10.4. The van der Waals surface area contributed by atoms with E-state index in [2.05, 4.69) is 26.5 Å². The number of carbonyl (C=O) groups is 1. The Morgan fingerprint density at radius 2 is 2.13 bits per heavy atom. The van der Waals surface area contributed by atoms with Crippen LogP contribution in [-0.2, 0) is 9.53 Å². The van der Waals surface area contributed by atoms with Crippen LogP contribution in [0.3, 0.4) is 0 Å². The fourth-order valence-electron chi connectivity index (χ4n) is 1.93. The highest BCUT2D eigenvalue weighted by Crippen LogP contribution is 2.30. The maximum absolute atomic E-state index is 11.4. The molecule has 1 rings (SSSR count). The molecule has 2 N–H and O–H groups in total. The molecule has 0 spiro atoms. The average molecular weight is 231 g/mol. The highest BCUT2D eigenvalue weighted by Gasteiger charge is 2.28. The summed E-state index contributed by atoms with van der Waals surface area (Å²) in [6.45, 7) is 4.46. The van der Waals surface area contributed by atoms with Crippen molar-refractivity contribution in [2.75, 3.05) is 5.75 Å². The lowest BCUT2D eigenvalue weighted by Gasteiger charge is -2.32. The molecule has 4 heteroatoms. The number of nitrogens with two attached hydrogens (primary N) is 1. The van der Waals surface area contributed by atoms with E-state index < -0.39 is 6.04 Å². The number of rotatable bonds is 3. The predicted molar refractivity (Wildman–Crippen MR) is 63.9 cm³/mol. The van der Waals surface area contributed by atoms with E-state index in [4.69, 9.17) is 10.5 Å². The van der Waals surface area contributed by atoms with Crippen LogP contribution in [0.5, 0.6) is 0 Å². The zero-order valence-electron chi connectivity index (χ0n) is 9.48. The molecule has 0 amide bonds. The van der Waals surface area contributed by atoms with E-state index >= 15 is 0 Å². The molecule has 1 saturated carbocycles. The van der Waals surface area contributed by atoms with E-state index in [0.717, 1.165) is 25.2 Å². The summed E-state index contributed by atoms with van der Waals surface area (Å²) in [6, 6.07) is -0.581. The summed E-state index contributed by atoms with van der Waals surface area (Å²) in [7, 11) is 0. The summed E-state index contributed by atoms with van der Waals surface area (Å²) in [5.74, 6) is 1.40. The third-order valence-corrected chi connectivity index (χ3v) is 3.73. The van der Waals surface area contributed by atoms with Gasteiger partial charge >= 0.3 is 5.97 Å². The highest BCUT2D eigenvalue weighted by atomic mass is 32.1. The van der Waals surface area contributed by atoms with Crippen LogP contribution in [0.4, 0.5) is 0 Å². The van der Waals surface area contributed by atoms with Gasteiger partial charge in [0, 0.05) is 5.75 Å². The van der Waals surface area contributed by atoms with Crippen molar-refractivity contribution in [1.29, 1.82) is 0 Å². The van der Waals surface area contributed by atoms with E-state index in [-0.39, 0.29) is 12.1 Å². The maximum atomic E-state index is 11.4. The van der Waals surface area contributed by atoms with Crippen molar-refractivity contribution in [2.45, 2.75) is 45.3 Å². The molecule has 1 fully saturated rings. The van der Waals surface area contributed by atoms with Gasteiger partial charge in [-0.25, -0.2) is 0 Å². The lowest BCUT2D eigenvalue weighted by Crippen LogP contribution is -2.38. The lowest BCUT2D eigenvalue weighted by atomic mass is 9.80. The average Bonchev–Trinajstić information content (AvgIpc) is 2.22. The molecule has 1 aliphatic rings. The minimum atomic E-state index is -0.581. The molecule has 0 saturated heterocycles. The minimum absolute atomic E-state index is 0.0645. The van der Waals surface area contributed by atoms with E-state index in [1.165, 1.54) is 0 Å². The Bertz CT molecular complexity index is 223. The van der Waals surface area contributed by atoms with Gasteiger partial charge in [-0.2, -0.15) is 12.6 Å². The first-order chi connectivity index (χ1) is 7.04. The lowest BCUT2D eigenvalue weighted by molar-refractivity contribution is -0.152. The molecule has 0 aliphatic heterocycles. The van der Waals surface area contributed by atoms with Crippen LogP contribution >= 0.6 is 12.6 Å². The van der Waals surface area contributed by atoms with Crippen molar-refractivity contribution in [1.82, 2.24) is 0 Å². The standard InChI is InChI=1S/C11H21NO2S/c1-7-3-4-9(5-8(7)2)14-11(13)10(12)6-15/h7-10,15H,3-6,12H2,1-2H3. The third kappa shape index (κ3) is 3.68. The number of carbonyl (C=O) groups excluding carboxylic acids is 1. The van der Waals surface area contributed by atoms with Crippen LogP contribution in [0.25, 0.3) is 0 Å². The van der Waals surface area contributed by atoms with E-state index in [1.807, 2.05) is 0 Å². The molecule has 0 heterocycles. The fraction of sp³-hybridized carbons (Fsp3) is 0.909. The molecule has 3 nitrogen and oxygen atoms in total. The smallest absolute Gasteiger partial charge is 0.324 e. The van der Waals surface area contributed by atoms with Gasteiger partial charge in [0.1, 0.15) is 12.1 Å². The molecule has 1 aliphatic carbocycles. The summed E-state index contributed by atoms with van der Waals surface area (Å²) in [6.07, 6.45) is 3.13. The van der Waals surface area contributed by atoms with Crippen LogP contribution in [-0.4, -0.2) is 23.9 Å². The number of thiol groups is 1. The monoisotopic (exact) mass is 231 g/mol. The van der Waals surface area contributed by atoms with Gasteiger partial charge in [-0.1, -0.05) is 13.8 Å². The quantitative estimate of drug-likeness (QED) is 0.573. The van der Waals surface area contributed by atoms with Gasteiger partial charge < -0.3 is 10.5 Å². The Labute approximate surface area is 97.2 Å². The maximum Gasteiger partial charge on any atom is 0.324 e. The first kappa shape index (κ1) is 12.8. The van der Waals surface area contributed by atoms with Crippen LogP contribution < -0.4 is 5.73 Å². The van der Waals surface area contributed by atoms with E-state index in [1.54, 1.807) is 0 Å². The van der Waals surface area contributed by atoms with Crippen molar-refractivity contribution >= 4 is 18.6 Å². The van der Waals surface area contributed by atoms with E-state index in [9.17, 15) is 4.79 Å². The molecular formula is C11H21NO2S. The van der Waals surface area contributed by atoms with E-state index in [0.29, 0.717) is 11.7 Å². The predicted octanol–water partition coefficient (Wildman–Crippen LogP) is 1.61. The molecule has 4 atom stereocenters. The SMILES string of the molecule is CC1CCC(OC(=O)C(N)CS)CC1C. The molecule has 0 aromatic carbocycles. The highest BCUT2D eigenvalue weighted by molar-refractivity contribution is 7.80. The number of hydrogen-bond acceptors (Lipinski definition) is 4. The fourth-order valence-corrected chi connectivity index (χ4v) is 2.08. The van der Waals surface area contributed by atoms with Gasteiger partial charge in [0.25, 0.3) is 0 Å². The van der Waals surface area contributed by atoms with Crippen molar-refractivity contribution in [3.05, 3.63) is 0 Å². The van der Waals surface area contributed by atoms with Crippen molar-refractivity contribution in [3.63, 3.8) is 0 Å². The van der Waals surface area contributed by atoms with Crippen LogP contribution in [0, 0.1) is 11.8 Å². The topological polar surface area (TPSA) is 52.3 Å². The van der Waals surface area contributed by atoms with Crippen LogP contribution in [0.15, 0.2) is 0 Å². The molecule has 15 heavy (non-hydrogen) atoms. The van der Waals surface area contributed by atoms with Crippen molar-refractivity contribution < 1.29 is 9.53 Å². The number of hydrogen-bond donors (Lipinski definition) is 2. The summed E-state index contributed by atoms with van der Waals surface area (Å²) >= 11 is 3.98. The Hall–Kier alpha value is -0.220. The Balaban J connectivity index is 2.36. The van der Waals surface area contributed by atoms with Gasteiger partial charge in [0.15, 0.2) is 0 Å². The molecule has 0 radical (unpaired) electrons. The van der Waals surface area contributed by atoms with Crippen molar-refractivity contribution in [2.24, 2.45) is 17.6 Å². The molecule has 0 aromatic rings. The third-order valence-electron chi connectivity index (χ3n) is 3.33. The van der Waals surface area contributed by atoms with Crippen molar-refractivity contribution in [3.8, 4) is 0 Å². The first-order valence-electron chi connectivity index (χ1n) is 5.61. The summed E-state index contributed by atoms with van der Waals surface area (Å²) in [5.41, 5.74) is 5.54. The Morgan fingerprint density at radius 1 is 1.47 bits per heavy atom. The van der Waals surface area contributed by atoms with Gasteiger partial charge in [0.05, 0.1) is 0 Å². The Kier molecular flexibility index (Phi) is 4.93. The molecular weight excluding hydrogens is 210 g/mol. The van der Waals surface area contributed by atoms with Crippen LogP contribution in [0.1, 0.15) is 33.1 Å². The zero-order chi connectivity index (χ0) is 11.4. The summed E-state index contributed by atoms with van der Waals surface area (Å²) < 4.78 is 5.35. The minimum Gasteiger partial charge on any atom is -0.461 e. The van der Waals surface area contributed by atoms with Crippen LogP contribution in [0.2, 0.25) is 0 Å². The normalized spacial score (nSPS) is 33.5.